The van der Waals surface area contributed by atoms with E-state index in [2.05, 4.69) is 5.32 Å². The van der Waals surface area contributed by atoms with E-state index in [4.69, 9.17) is 9.84 Å². The molecule has 2 rings (SSSR count). The lowest BCUT2D eigenvalue weighted by Crippen LogP contribution is -2.55. The minimum atomic E-state index is -0.938. The highest BCUT2D eigenvalue weighted by Gasteiger charge is 2.39. The van der Waals surface area contributed by atoms with Gasteiger partial charge < -0.3 is 20.1 Å². The fourth-order valence-corrected chi connectivity index (χ4v) is 2.29. The van der Waals surface area contributed by atoms with Crippen molar-refractivity contribution in [2.45, 2.75) is 38.3 Å². The van der Waals surface area contributed by atoms with Crippen molar-refractivity contribution in [3.63, 3.8) is 0 Å². The topological polar surface area (TPSA) is 78.9 Å². The highest BCUT2D eigenvalue weighted by molar-refractivity contribution is 5.83. The van der Waals surface area contributed by atoms with Crippen LogP contribution in [0.15, 0.2) is 0 Å². The van der Waals surface area contributed by atoms with Gasteiger partial charge in [0.25, 0.3) is 0 Å². The van der Waals surface area contributed by atoms with Gasteiger partial charge in [-0.1, -0.05) is 6.92 Å². The first-order valence-electron chi connectivity index (χ1n) is 6.51. The van der Waals surface area contributed by atoms with Crippen molar-refractivity contribution >= 4 is 12.0 Å². The van der Waals surface area contributed by atoms with Gasteiger partial charge in [0.1, 0.15) is 6.04 Å². The molecule has 0 bridgehead atoms. The second kappa shape index (κ2) is 5.56. The van der Waals surface area contributed by atoms with Gasteiger partial charge in [0.15, 0.2) is 0 Å². The van der Waals surface area contributed by atoms with Crippen LogP contribution in [-0.4, -0.2) is 53.8 Å². The number of hydrogen-bond donors (Lipinski definition) is 2. The van der Waals surface area contributed by atoms with Gasteiger partial charge in [0.05, 0.1) is 19.3 Å². The van der Waals surface area contributed by atoms with E-state index in [-0.39, 0.29) is 18.0 Å². The number of carbonyl (C=O) groups is 2. The highest BCUT2D eigenvalue weighted by Crippen LogP contribution is 2.32. The number of morpholine rings is 1. The van der Waals surface area contributed by atoms with Crippen LogP contribution in [0.2, 0.25) is 0 Å². The van der Waals surface area contributed by atoms with E-state index >= 15 is 0 Å². The van der Waals surface area contributed by atoms with Crippen LogP contribution in [0, 0.1) is 5.92 Å². The first-order valence-corrected chi connectivity index (χ1v) is 6.51. The van der Waals surface area contributed by atoms with Crippen molar-refractivity contribution in [2.24, 2.45) is 5.92 Å². The molecule has 0 aromatic rings. The molecule has 1 saturated heterocycles. The summed E-state index contributed by atoms with van der Waals surface area (Å²) < 4.78 is 5.33. The molecule has 102 valence electrons. The predicted molar refractivity (Wildman–Crippen MR) is 64.3 cm³/mol. The quantitative estimate of drug-likeness (QED) is 0.775. The third-order valence-electron chi connectivity index (χ3n) is 3.60. The van der Waals surface area contributed by atoms with Gasteiger partial charge in [-0.3, -0.25) is 0 Å². The van der Waals surface area contributed by atoms with Crippen LogP contribution >= 0.6 is 0 Å². The monoisotopic (exact) mass is 256 g/mol. The fourth-order valence-electron chi connectivity index (χ4n) is 2.29. The smallest absolute Gasteiger partial charge is 0.326 e. The van der Waals surface area contributed by atoms with Crippen LogP contribution in [0.4, 0.5) is 4.79 Å². The summed E-state index contributed by atoms with van der Waals surface area (Å²) in [6.45, 7) is 3.58. The summed E-state index contributed by atoms with van der Waals surface area (Å²) in [6, 6.07) is -0.963. The van der Waals surface area contributed by atoms with Crippen molar-refractivity contribution in [1.82, 2.24) is 10.2 Å². The summed E-state index contributed by atoms with van der Waals surface area (Å²) in [7, 11) is 0. The molecule has 2 amide bonds. The minimum Gasteiger partial charge on any atom is -0.480 e. The van der Waals surface area contributed by atoms with E-state index in [0.29, 0.717) is 19.8 Å². The average molecular weight is 256 g/mol. The van der Waals surface area contributed by atoms with Crippen LogP contribution in [0.1, 0.15) is 26.2 Å². The van der Waals surface area contributed by atoms with Crippen LogP contribution in [0.25, 0.3) is 0 Å². The van der Waals surface area contributed by atoms with Gasteiger partial charge in [-0.15, -0.1) is 0 Å². The molecule has 2 fully saturated rings. The Kier molecular flexibility index (Phi) is 4.06. The summed E-state index contributed by atoms with van der Waals surface area (Å²) in [5.74, 6) is -0.834. The van der Waals surface area contributed by atoms with E-state index in [1.54, 1.807) is 4.90 Å². The van der Waals surface area contributed by atoms with E-state index in [1.807, 2.05) is 6.92 Å². The number of hydrogen-bond acceptors (Lipinski definition) is 3. The van der Waals surface area contributed by atoms with Crippen LogP contribution in [0.3, 0.4) is 0 Å². The Morgan fingerprint density at radius 1 is 1.50 bits per heavy atom. The number of rotatable bonds is 4. The molecular formula is C12H20N2O4. The second-order valence-corrected chi connectivity index (χ2v) is 4.93. The summed E-state index contributed by atoms with van der Waals surface area (Å²) in [5, 5.41) is 11.7. The molecule has 2 aliphatic rings. The largest absolute Gasteiger partial charge is 0.480 e. The molecule has 0 aromatic heterocycles. The third kappa shape index (κ3) is 2.93. The Morgan fingerprint density at radius 3 is 2.78 bits per heavy atom. The Hall–Kier alpha value is -1.30. The molecule has 0 aromatic carbocycles. The lowest BCUT2D eigenvalue weighted by Gasteiger charge is -2.35. The van der Waals surface area contributed by atoms with E-state index in [1.165, 1.54) is 0 Å². The van der Waals surface area contributed by atoms with E-state index in [0.717, 1.165) is 19.3 Å². The number of carbonyl (C=O) groups excluding carboxylic acids is 1. The third-order valence-corrected chi connectivity index (χ3v) is 3.60. The zero-order valence-corrected chi connectivity index (χ0v) is 10.6. The first kappa shape index (κ1) is 13.1. The maximum atomic E-state index is 12.1. The van der Waals surface area contributed by atoms with Gasteiger partial charge in [0, 0.05) is 6.54 Å². The molecular weight excluding hydrogens is 236 g/mol. The van der Waals surface area contributed by atoms with Crippen LogP contribution in [0.5, 0.6) is 0 Å². The van der Waals surface area contributed by atoms with Crippen molar-refractivity contribution in [1.29, 1.82) is 0 Å². The summed E-state index contributed by atoms with van der Waals surface area (Å²) in [6.07, 6.45) is 2.59. The van der Waals surface area contributed by atoms with Gasteiger partial charge in [0.2, 0.25) is 0 Å². The zero-order valence-electron chi connectivity index (χ0n) is 10.6. The Balaban J connectivity index is 1.94. The Bertz CT molecular complexity index is 330. The number of urea groups is 1. The predicted octanol–water partition coefficient (Wildman–Crippen LogP) is 0.670. The second-order valence-electron chi connectivity index (χ2n) is 4.93. The maximum absolute atomic E-state index is 12.1. The van der Waals surface area contributed by atoms with Crippen molar-refractivity contribution in [2.75, 3.05) is 19.8 Å². The number of nitrogens with zero attached hydrogens (tertiary/aromatic N) is 1. The molecule has 2 unspecified atom stereocenters. The average Bonchev–Trinajstić information content (AvgIpc) is 3.19. The molecule has 1 saturated carbocycles. The number of aliphatic carboxylic acids is 1. The Labute approximate surface area is 106 Å². The van der Waals surface area contributed by atoms with E-state index in [9.17, 15) is 9.59 Å². The normalized spacial score (nSPS) is 25.6. The lowest BCUT2D eigenvalue weighted by molar-refractivity contribution is -0.139. The van der Waals surface area contributed by atoms with Crippen molar-refractivity contribution in [3.05, 3.63) is 0 Å². The summed E-state index contributed by atoms with van der Waals surface area (Å²) >= 11 is 0. The van der Waals surface area contributed by atoms with Gasteiger partial charge in [-0.25, -0.2) is 9.59 Å². The molecule has 1 heterocycles. The van der Waals surface area contributed by atoms with Gasteiger partial charge in [-0.2, -0.15) is 0 Å². The molecule has 0 spiro atoms. The molecule has 0 radical (unpaired) electrons. The molecule has 18 heavy (non-hydrogen) atoms. The van der Waals surface area contributed by atoms with Gasteiger partial charge >= 0.3 is 12.0 Å². The zero-order chi connectivity index (χ0) is 13.1. The highest BCUT2D eigenvalue weighted by atomic mass is 16.5. The maximum Gasteiger partial charge on any atom is 0.326 e. The molecule has 6 nitrogen and oxygen atoms in total. The van der Waals surface area contributed by atoms with Crippen LogP contribution in [-0.2, 0) is 9.53 Å². The number of nitrogens with one attached hydrogen (secondary N) is 1. The molecule has 2 N–H and O–H groups in total. The molecule has 1 aliphatic heterocycles. The standard InChI is InChI=1S/C12H20N2O4/c1-2-9-7-18-6-5-14(9)12(17)13-10(11(15)16)8-3-4-8/h8-10H,2-7H2,1H3,(H,13,17)(H,15,16). The van der Waals surface area contributed by atoms with Crippen LogP contribution < -0.4 is 5.32 Å². The molecule has 1 aliphatic carbocycles. The molecule has 2 atom stereocenters. The lowest BCUT2D eigenvalue weighted by atomic mass is 10.1. The summed E-state index contributed by atoms with van der Waals surface area (Å²) in [4.78, 5) is 24.9. The number of ether oxygens (including phenoxy) is 1. The van der Waals surface area contributed by atoms with Crippen molar-refractivity contribution < 1.29 is 19.4 Å². The van der Waals surface area contributed by atoms with E-state index < -0.39 is 12.0 Å². The molecule has 6 heteroatoms. The fraction of sp³-hybridized carbons (Fsp3) is 0.833. The first-order chi connectivity index (χ1) is 8.63. The summed E-state index contributed by atoms with van der Waals surface area (Å²) in [5.41, 5.74) is 0. The van der Waals surface area contributed by atoms with Gasteiger partial charge in [-0.05, 0) is 25.2 Å². The SMILES string of the molecule is CCC1COCCN1C(=O)NC(C(=O)O)C1CC1. The Morgan fingerprint density at radius 2 is 2.22 bits per heavy atom. The van der Waals surface area contributed by atoms with Crippen molar-refractivity contribution in [3.8, 4) is 0 Å². The minimum absolute atomic E-state index is 0.0485. The number of carboxylic acid groups (broad SMARTS) is 1. The number of amides is 2. The number of carboxylic acids is 1.